The van der Waals surface area contributed by atoms with Gasteiger partial charge in [0.15, 0.2) is 0 Å². The molecule has 3 rings (SSSR count). The molecule has 0 unspecified atom stereocenters. The third-order valence-electron chi connectivity index (χ3n) is 3.08. The van der Waals surface area contributed by atoms with E-state index in [1.54, 1.807) is 0 Å². The minimum atomic E-state index is 0.283. The van der Waals surface area contributed by atoms with Crippen molar-refractivity contribution in [2.75, 3.05) is 13.1 Å². The molecule has 0 aliphatic carbocycles. The van der Waals surface area contributed by atoms with E-state index in [1.807, 2.05) is 19.9 Å². The first-order chi connectivity index (χ1) is 8.61. The highest BCUT2D eigenvalue weighted by Gasteiger charge is 2.25. The van der Waals surface area contributed by atoms with Crippen molar-refractivity contribution in [1.29, 1.82) is 0 Å². The first kappa shape index (κ1) is 11.4. The van der Waals surface area contributed by atoms with Gasteiger partial charge in [0.1, 0.15) is 11.5 Å². The van der Waals surface area contributed by atoms with Crippen molar-refractivity contribution in [1.82, 2.24) is 15.1 Å². The normalized spacial score (nSPS) is 17.1. The Morgan fingerprint density at radius 2 is 2.11 bits per heavy atom. The molecule has 0 spiro atoms. The van der Waals surface area contributed by atoms with Gasteiger partial charge < -0.3 is 14.6 Å². The number of aromatic nitrogens is 2. The largest absolute Gasteiger partial charge is 0.466 e. The third-order valence-corrected chi connectivity index (χ3v) is 3.08. The van der Waals surface area contributed by atoms with Crippen LogP contribution in [0.5, 0.6) is 0 Å². The predicted octanol–water partition coefficient (Wildman–Crippen LogP) is 1.09. The molecule has 0 atom stereocenters. The summed E-state index contributed by atoms with van der Waals surface area (Å²) in [5.41, 5.74) is 6.59. The minimum absolute atomic E-state index is 0.283. The number of furan rings is 1. The Kier molecular flexibility index (Phi) is 2.68. The number of aryl methyl sites for hydroxylation is 2. The lowest BCUT2D eigenvalue weighted by Crippen LogP contribution is -2.54. The van der Waals surface area contributed by atoms with Gasteiger partial charge >= 0.3 is 0 Å². The molecule has 1 fully saturated rings. The van der Waals surface area contributed by atoms with Crippen LogP contribution < -0.4 is 5.73 Å². The molecule has 0 amide bonds. The van der Waals surface area contributed by atoms with E-state index < -0.39 is 0 Å². The van der Waals surface area contributed by atoms with Crippen LogP contribution in [0.4, 0.5) is 0 Å². The van der Waals surface area contributed by atoms with E-state index in [-0.39, 0.29) is 6.04 Å². The van der Waals surface area contributed by atoms with Crippen LogP contribution in [0.2, 0.25) is 0 Å². The molecule has 1 saturated heterocycles. The zero-order valence-electron chi connectivity index (χ0n) is 10.5. The van der Waals surface area contributed by atoms with Crippen molar-refractivity contribution in [3.8, 4) is 11.5 Å². The number of hydrogen-bond donors (Lipinski definition) is 1. The van der Waals surface area contributed by atoms with Crippen LogP contribution in [-0.4, -0.2) is 34.2 Å². The van der Waals surface area contributed by atoms with Crippen molar-refractivity contribution in [2.24, 2.45) is 5.73 Å². The van der Waals surface area contributed by atoms with Gasteiger partial charge in [-0.15, -0.1) is 10.2 Å². The van der Waals surface area contributed by atoms with E-state index in [2.05, 4.69) is 15.1 Å². The maximum atomic E-state index is 5.72. The lowest BCUT2D eigenvalue weighted by atomic mass is 10.1. The molecule has 0 saturated carbocycles. The smallest absolute Gasteiger partial charge is 0.251 e. The Balaban J connectivity index is 1.75. The van der Waals surface area contributed by atoms with Crippen LogP contribution in [0.3, 0.4) is 0 Å². The molecule has 96 valence electrons. The SMILES string of the molecule is Cc1cc(-c2nnc(CN3CC(N)C3)o2)c(C)o1. The molecular weight excluding hydrogens is 232 g/mol. The summed E-state index contributed by atoms with van der Waals surface area (Å²) in [7, 11) is 0. The van der Waals surface area contributed by atoms with Gasteiger partial charge in [0.25, 0.3) is 5.89 Å². The fourth-order valence-electron chi connectivity index (χ4n) is 2.20. The summed E-state index contributed by atoms with van der Waals surface area (Å²) in [4.78, 5) is 2.18. The van der Waals surface area contributed by atoms with Crippen LogP contribution in [0.15, 0.2) is 14.9 Å². The van der Waals surface area contributed by atoms with E-state index in [0.29, 0.717) is 18.3 Å². The van der Waals surface area contributed by atoms with Gasteiger partial charge in [-0.25, -0.2) is 0 Å². The van der Waals surface area contributed by atoms with Crippen LogP contribution >= 0.6 is 0 Å². The first-order valence-electron chi connectivity index (χ1n) is 5.99. The average Bonchev–Trinajstić information content (AvgIpc) is 2.83. The van der Waals surface area contributed by atoms with Gasteiger partial charge in [0, 0.05) is 19.1 Å². The second-order valence-electron chi connectivity index (χ2n) is 4.78. The first-order valence-corrected chi connectivity index (χ1v) is 5.99. The van der Waals surface area contributed by atoms with Crippen molar-refractivity contribution in [2.45, 2.75) is 26.4 Å². The Morgan fingerprint density at radius 3 is 2.72 bits per heavy atom. The summed E-state index contributed by atoms with van der Waals surface area (Å²) >= 11 is 0. The molecule has 0 radical (unpaired) electrons. The van der Waals surface area contributed by atoms with Gasteiger partial charge in [-0.3, -0.25) is 4.90 Å². The number of rotatable bonds is 3. The zero-order chi connectivity index (χ0) is 12.7. The highest BCUT2D eigenvalue weighted by molar-refractivity contribution is 5.55. The Hall–Kier alpha value is -1.66. The second-order valence-corrected chi connectivity index (χ2v) is 4.78. The quantitative estimate of drug-likeness (QED) is 0.875. The monoisotopic (exact) mass is 248 g/mol. The molecule has 2 N–H and O–H groups in total. The Morgan fingerprint density at radius 1 is 1.33 bits per heavy atom. The molecular formula is C12H16N4O2. The molecule has 0 bridgehead atoms. The fraction of sp³-hybridized carbons (Fsp3) is 0.500. The predicted molar refractivity (Wildman–Crippen MR) is 64.7 cm³/mol. The number of hydrogen-bond acceptors (Lipinski definition) is 6. The highest BCUT2D eigenvalue weighted by atomic mass is 16.4. The molecule has 6 heteroatoms. The van der Waals surface area contributed by atoms with Gasteiger partial charge in [0.2, 0.25) is 5.89 Å². The number of nitrogens with two attached hydrogens (primary N) is 1. The molecule has 6 nitrogen and oxygen atoms in total. The summed E-state index contributed by atoms with van der Waals surface area (Å²) in [6, 6.07) is 2.19. The maximum absolute atomic E-state index is 5.72. The standard InChI is InChI=1S/C12H16N4O2/c1-7-3-10(8(2)17-7)12-15-14-11(18-12)6-16-4-9(13)5-16/h3,9H,4-6,13H2,1-2H3. The van der Waals surface area contributed by atoms with Gasteiger partial charge in [-0.1, -0.05) is 0 Å². The molecule has 3 heterocycles. The summed E-state index contributed by atoms with van der Waals surface area (Å²) in [5.74, 6) is 2.78. The lowest BCUT2D eigenvalue weighted by molar-refractivity contribution is 0.129. The molecule has 1 aliphatic rings. The summed E-state index contributed by atoms with van der Waals surface area (Å²) in [6.45, 7) is 6.23. The van der Waals surface area contributed by atoms with E-state index in [0.717, 1.165) is 30.2 Å². The Labute approximate surface area is 105 Å². The van der Waals surface area contributed by atoms with Crippen LogP contribution in [-0.2, 0) is 6.54 Å². The summed E-state index contributed by atoms with van der Waals surface area (Å²) < 4.78 is 11.1. The Bertz CT molecular complexity index is 554. The molecule has 18 heavy (non-hydrogen) atoms. The summed E-state index contributed by atoms with van der Waals surface area (Å²) in [6.07, 6.45) is 0. The van der Waals surface area contributed by atoms with Crippen LogP contribution in [0.25, 0.3) is 11.5 Å². The van der Waals surface area contributed by atoms with Crippen molar-refractivity contribution in [3.63, 3.8) is 0 Å². The molecule has 0 aromatic carbocycles. The molecule has 2 aromatic heterocycles. The van der Waals surface area contributed by atoms with Gasteiger partial charge in [-0.05, 0) is 19.9 Å². The van der Waals surface area contributed by atoms with Gasteiger partial charge in [0.05, 0.1) is 12.1 Å². The second kappa shape index (κ2) is 4.22. The van der Waals surface area contributed by atoms with E-state index in [1.165, 1.54) is 0 Å². The van der Waals surface area contributed by atoms with E-state index in [9.17, 15) is 0 Å². The minimum Gasteiger partial charge on any atom is -0.466 e. The zero-order valence-corrected chi connectivity index (χ0v) is 10.5. The number of likely N-dealkylation sites (tertiary alicyclic amines) is 1. The highest BCUT2D eigenvalue weighted by Crippen LogP contribution is 2.25. The lowest BCUT2D eigenvalue weighted by Gasteiger charge is -2.35. The van der Waals surface area contributed by atoms with Crippen molar-refractivity contribution >= 4 is 0 Å². The maximum Gasteiger partial charge on any atom is 0.251 e. The molecule has 1 aliphatic heterocycles. The van der Waals surface area contributed by atoms with Crippen LogP contribution in [0, 0.1) is 13.8 Å². The fourth-order valence-corrected chi connectivity index (χ4v) is 2.20. The van der Waals surface area contributed by atoms with Gasteiger partial charge in [-0.2, -0.15) is 0 Å². The van der Waals surface area contributed by atoms with Crippen LogP contribution in [0.1, 0.15) is 17.4 Å². The van der Waals surface area contributed by atoms with Crippen molar-refractivity contribution in [3.05, 3.63) is 23.5 Å². The van der Waals surface area contributed by atoms with E-state index >= 15 is 0 Å². The topological polar surface area (TPSA) is 81.3 Å². The van der Waals surface area contributed by atoms with Crippen molar-refractivity contribution < 1.29 is 8.83 Å². The third kappa shape index (κ3) is 2.04. The number of nitrogens with zero attached hydrogens (tertiary/aromatic N) is 3. The average molecular weight is 248 g/mol. The summed E-state index contributed by atoms with van der Waals surface area (Å²) in [5, 5.41) is 8.11. The van der Waals surface area contributed by atoms with E-state index in [4.69, 9.17) is 14.6 Å². The molecule has 2 aromatic rings.